The summed E-state index contributed by atoms with van der Waals surface area (Å²) >= 11 is 0. The fourth-order valence-electron chi connectivity index (χ4n) is 1.53. The van der Waals surface area contributed by atoms with E-state index in [0.29, 0.717) is 24.7 Å². The van der Waals surface area contributed by atoms with Gasteiger partial charge >= 0.3 is 0 Å². The SMILES string of the molecule is CCCNc1cncc(NCCc2nc(C)no2)n1. The van der Waals surface area contributed by atoms with Crippen LogP contribution in [0.5, 0.6) is 0 Å². The average molecular weight is 262 g/mol. The molecule has 0 aliphatic carbocycles. The second-order valence-electron chi connectivity index (χ2n) is 4.13. The van der Waals surface area contributed by atoms with Crippen LogP contribution in [0.3, 0.4) is 0 Å². The number of rotatable bonds is 7. The van der Waals surface area contributed by atoms with E-state index in [-0.39, 0.29) is 0 Å². The van der Waals surface area contributed by atoms with Gasteiger partial charge in [0.2, 0.25) is 5.89 Å². The van der Waals surface area contributed by atoms with Gasteiger partial charge in [0, 0.05) is 19.5 Å². The van der Waals surface area contributed by atoms with E-state index in [1.54, 1.807) is 19.3 Å². The molecule has 7 nitrogen and oxygen atoms in total. The summed E-state index contributed by atoms with van der Waals surface area (Å²) in [5, 5.41) is 10.1. The van der Waals surface area contributed by atoms with Gasteiger partial charge in [-0.25, -0.2) is 4.98 Å². The summed E-state index contributed by atoms with van der Waals surface area (Å²) < 4.78 is 5.03. The van der Waals surface area contributed by atoms with Crippen LogP contribution in [0.15, 0.2) is 16.9 Å². The Morgan fingerprint density at radius 1 is 1.11 bits per heavy atom. The normalized spacial score (nSPS) is 10.4. The summed E-state index contributed by atoms with van der Waals surface area (Å²) in [5.74, 6) is 2.79. The third-order valence-corrected chi connectivity index (χ3v) is 2.41. The Labute approximate surface area is 111 Å². The lowest BCUT2D eigenvalue weighted by atomic mass is 10.4. The lowest BCUT2D eigenvalue weighted by Crippen LogP contribution is -2.09. The summed E-state index contributed by atoms with van der Waals surface area (Å²) in [7, 11) is 0. The monoisotopic (exact) mass is 262 g/mol. The third kappa shape index (κ3) is 4.20. The molecule has 0 aliphatic rings. The Morgan fingerprint density at radius 2 is 1.84 bits per heavy atom. The molecule has 0 aromatic carbocycles. The van der Waals surface area contributed by atoms with Crippen molar-refractivity contribution in [2.24, 2.45) is 0 Å². The number of aryl methyl sites for hydroxylation is 1. The van der Waals surface area contributed by atoms with Crippen LogP contribution < -0.4 is 10.6 Å². The minimum Gasteiger partial charge on any atom is -0.369 e. The van der Waals surface area contributed by atoms with Crippen molar-refractivity contribution in [2.45, 2.75) is 26.7 Å². The first-order valence-corrected chi connectivity index (χ1v) is 6.37. The summed E-state index contributed by atoms with van der Waals surface area (Å²) in [5.41, 5.74) is 0. The van der Waals surface area contributed by atoms with E-state index in [9.17, 15) is 0 Å². The van der Waals surface area contributed by atoms with Crippen LogP contribution in [-0.4, -0.2) is 33.2 Å². The van der Waals surface area contributed by atoms with E-state index in [4.69, 9.17) is 4.52 Å². The molecular formula is C12H18N6O. The fourth-order valence-corrected chi connectivity index (χ4v) is 1.53. The molecule has 2 aromatic rings. The van der Waals surface area contributed by atoms with Crippen molar-refractivity contribution in [3.05, 3.63) is 24.1 Å². The molecule has 0 bridgehead atoms. The van der Waals surface area contributed by atoms with E-state index < -0.39 is 0 Å². The lowest BCUT2D eigenvalue weighted by Gasteiger charge is -2.06. The topological polar surface area (TPSA) is 88.8 Å². The van der Waals surface area contributed by atoms with E-state index in [1.165, 1.54) is 0 Å². The Bertz CT molecular complexity index is 512. The van der Waals surface area contributed by atoms with Gasteiger partial charge in [-0.15, -0.1) is 0 Å². The highest BCUT2D eigenvalue weighted by Crippen LogP contribution is 2.07. The largest absolute Gasteiger partial charge is 0.369 e. The van der Waals surface area contributed by atoms with Crippen LogP contribution >= 0.6 is 0 Å². The number of hydrogen-bond acceptors (Lipinski definition) is 7. The second kappa shape index (κ2) is 6.67. The zero-order valence-corrected chi connectivity index (χ0v) is 11.2. The molecule has 0 aliphatic heterocycles. The minimum absolute atomic E-state index is 0.623. The van der Waals surface area contributed by atoms with Gasteiger partial charge < -0.3 is 15.2 Å². The van der Waals surface area contributed by atoms with Crippen LogP contribution in [0, 0.1) is 6.92 Å². The Kier molecular flexibility index (Phi) is 4.66. The van der Waals surface area contributed by atoms with Crippen molar-refractivity contribution in [2.75, 3.05) is 23.7 Å². The first-order valence-electron chi connectivity index (χ1n) is 6.37. The van der Waals surface area contributed by atoms with Crippen molar-refractivity contribution < 1.29 is 4.52 Å². The Morgan fingerprint density at radius 3 is 2.47 bits per heavy atom. The van der Waals surface area contributed by atoms with Crippen LogP contribution in [0.1, 0.15) is 25.1 Å². The molecule has 2 aromatic heterocycles. The highest BCUT2D eigenvalue weighted by atomic mass is 16.5. The molecule has 0 unspecified atom stereocenters. The van der Waals surface area contributed by atoms with Crippen LogP contribution in [0.2, 0.25) is 0 Å². The summed E-state index contributed by atoms with van der Waals surface area (Å²) in [6, 6.07) is 0. The molecule has 0 fully saturated rings. The molecule has 0 spiro atoms. The molecule has 0 saturated heterocycles. The van der Waals surface area contributed by atoms with E-state index in [1.807, 2.05) is 0 Å². The first-order chi connectivity index (χ1) is 9.28. The molecule has 2 rings (SSSR count). The van der Waals surface area contributed by atoms with Crippen molar-refractivity contribution in [3.63, 3.8) is 0 Å². The van der Waals surface area contributed by atoms with E-state index >= 15 is 0 Å². The molecule has 0 atom stereocenters. The zero-order valence-electron chi connectivity index (χ0n) is 11.2. The van der Waals surface area contributed by atoms with Gasteiger partial charge in [-0.1, -0.05) is 12.1 Å². The maximum absolute atomic E-state index is 5.03. The molecule has 0 radical (unpaired) electrons. The predicted molar refractivity (Wildman–Crippen MR) is 72.0 cm³/mol. The molecular weight excluding hydrogens is 244 g/mol. The molecule has 2 heterocycles. The highest BCUT2D eigenvalue weighted by Gasteiger charge is 2.03. The number of nitrogens with one attached hydrogen (secondary N) is 2. The molecule has 102 valence electrons. The zero-order chi connectivity index (χ0) is 13.5. The van der Waals surface area contributed by atoms with Crippen molar-refractivity contribution in [3.8, 4) is 0 Å². The molecule has 2 N–H and O–H groups in total. The lowest BCUT2D eigenvalue weighted by molar-refractivity contribution is 0.377. The van der Waals surface area contributed by atoms with Crippen LogP contribution in [-0.2, 0) is 6.42 Å². The van der Waals surface area contributed by atoms with Gasteiger partial charge in [0.15, 0.2) is 5.82 Å². The van der Waals surface area contributed by atoms with Crippen LogP contribution in [0.25, 0.3) is 0 Å². The van der Waals surface area contributed by atoms with Gasteiger partial charge in [-0.3, -0.25) is 4.98 Å². The number of aromatic nitrogens is 4. The van der Waals surface area contributed by atoms with E-state index in [0.717, 1.165) is 24.6 Å². The average Bonchev–Trinajstić information content (AvgIpc) is 2.83. The molecule has 0 saturated carbocycles. The number of nitrogens with zero attached hydrogens (tertiary/aromatic N) is 4. The van der Waals surface area contributed by atoms with Crippen molar-refractivity contribution >= 4 is 11.6 Å². The van der Waals surface area contributed by atoms with Gasteiger partial charge in [-0.2, -0.15) is 4.98 Å². The second-order valence-corrected chi connectivity index (χ2v) is 4.13. The smallest absolute Gasteiger partial charge is 0.228 e. The van der Waals surface area contributed by atoms with Gasteiger partial charge in [0.1, 0.15) is 11.6 Å². The Hall–Kier alpha value is -2.18. The van der Waals surface area contributed by atoms with Gasteiger partial charge in [-0.05, 0) is 13.3 Å². The quantitative estimate of drug-likeness (QED) is 0.784. The van der Waals surface area contributed by atoms with Crippen molar-refractivity contribution in [1.82, 2.24) is 20.1 Å². The van der Waals surface area contributed by atoms with Crippen LogP contribution in [0.4, 0.5) is 11.6 Å². The van der Waals surface area contributed by atoms with Crippen molar-refractivity contribution in [1.29, 1.82) is 0 Å². The molecule has 0 amide bonds. The summed E-state index contributed by atoms with van der Waals surface area (Å²) in [6.45, 7) is 5.47. The van der Waals surface area contributed by atoms with Gasteiger partial charge in [0.25, 0.3) is 0 Å². The third-order valence-electron chi connectivity index (χ3n) is 2.41. The highest BCUT2D eigenvalue weighted by molar-refractivity contribution is 5.41. The van der Waals surface area contributed by atoms with Gasteiger partial charge in [0.05, 0.1) is 12.4 Å². The minimum atomic E-state index is 0.623. The number of hydrogen-bond donors (Lipinski definition) is 2. The predicted octanol–water partition coefficient (Wildman–Crippen LogP) is 1.64. The Balaban J connectivity index is 1.82. The first kappa shape index (κ1) is 13.3. The van der Waals surface area contributed by atoms with E-state index in [2.05, 4.69) is 37.7 Å². The molecule has 7 heteroatoms. The summed E-state index contributed by atoms with van der Waals surface area (Å²) in [6.07, 6.45) is 5.11. The maximum Gasteiger partial charge on any atom is 0.228 e. The standard InChI is InChI=1S/C12H18N6O/c1-3-5-14-10-7-13-8-11(17-10)15-6-4-12-16-9(2)18-19-12/h7-8H,3-6H2,1-2H3,(H2,14,15,17). The number of anilines is 2. The molecule has 19 heavy (non-hydrogen) atoms. The maximum atomic E-state index is 5.03. The fraction of sp³-hybridized carbons (Fsp3) is 0.500. The summed E-state index contributed by atoms with van der Waals surface area (Å²) in [4.78, 5) is 12.7.